The van der Waals surface area contributed by atoms with E-state index in [4.69, 9.17) is 18.9 Å². The van der Waals surface area contributed by atoms with Gasteiger partial charge >= 0.3 is 24.2 Å². The van der Waals surface area contributed by atoms with Gasteiger partial charge in [-0.2, -0.15) is 0 Å². The number of nitrogens with zero attached hydrogens (tertiary/aromatic N) is 1. The number of carbonyl (C=O) groups excluding carboxylic acids is 8. The van der Waals surface area contributed by atoms with Crippen LogP contribution in [0.5, 0.6) is 0 Å². The second-order valence-corrected chi connectivity index (χ2v) is 22.9. The zero-order valence-electron chi connectivity index (χ0n) is 50.9. The molecule has 470 valence electrons. The number of benzene rings is 4. The number of Topliss-reactive ketones (excluding diaryl/α,β-unsaturated/α-hetero) is 4. The van der Waals surface area contributed by atoms with E-state index in [1.807, 2.05) is 0 Å². The van der Waals surface area contributed by atoms with Gasteiger partial charge in [-0.3, -0.25) is 24.1 Å². The molecule has 0 spiro atoms. The zero-order chi connectivity index (χ0) is 63.5. The minimum atomic E-state index is -1.57. The molecule has 0 unspecified atom stereocenters. The lowest BCUT2D eigenvalue weighted by Crippen LogP contribution is -2.38. The van der Waals surface area contributed by atoms with Gasteiger partial charge in [0.2, 0.25) is 0 Å². The summed E-state index contributed by atoms with van der Waals surface area (Å²) in [5.41, 5.74) is -2.80. The summed E-state index contributed by atoms with van der Waals surface area (Å²) in [7, 11) is 0. The molecule has 22 heteroatoms. The molecule has 0 saturated heterocycles. The van der Waals surface area contributed by atoms with Crippen LogP contribution in [0.25, 0.3) is 0 Å². The van der Waals surface area contributed by atoms with Crippen LogP contribution in [0, 0.1) is 0 Å². The number of ketones is 4. The van der Waals surface area contributed by atoms with Crippen LogP contribution in [0.3, 0.4) is 0 Å². The maximum atomic E-state index is 13.4. The van der Waals surface area contributed by atoms with E-state index < -0.39 is 63.8 Å². The number of ether oxygens (including phenoxy) is 4. The number of anilines is 1. The van der Waals surface area contributed by atoms with Gasteiger partial charge in [0.05, 0.1) is 26.4 Å². The molecule has 4 aromatic rings. The molecular formula is C64H88N6O16. The molecule has 0 aliphatic heterocycles. The van der Waals surface area contributed by atoms with Crippen LogP contribution in [0.4, 0.5) is 24.9 Å². The number of aliphatic hydroxyl groups is 4. The van der Waals surface area contributed by atoms with E-state index in [2.05, 4.69) is 26.6 Å². The van der Waals surface area contributed by atoms with Crippen LogP contribution in [0.15, 0.2) is 97.1 Å². The van der Waals surface area contributed by atoms with E-state index in [1.54, 1.807) is 97.1 Å². The number of hydrogen-bond donors (Lipinski definition) is 9. The molecule has 0 aliphatic carbocycles. The first kappa shape index (κ1) is 70.9. The van der Waals surface area contributed by atoms with Crippen molar-refractivity contribution in [2.24, 2.45) is 0 Å². The normalized spacial score (nSPS) is 11.8. The second kappa shape index (κ2) is 34.5. The Hall–Kier alpha value is -7.60. The molecule has 0 atom stereocenters. The molecular weight excluding hydrogens is 1110 g/mol. The average Bonchev–Trinajstić information content (AvgIpc) is 1.99. The van der Waals surface area contributed by atoms with Crippen molar-refractivity contribution < 1.29 is 77.7 Å². The highest BCUT2D eigenvalue weighted by Crippen LogP contribution is 2.29. The number of hydrogen-bond acceptors (Lipinski definition) is 16. The molecule has 0 fully saturated rings. The summed E-state index contributed by atoms with van der Waals surface area (Å²) in [5.74, 6) is -1.82. The van der Waals surface area contributed by atoms with E-state index in [9.17, 15) is 58.8 Å². The fourth-order valence-electron chi connectivity index (χ4n) is 8.47. The molecule has 4 aromatic carbocycles. The summed E-state index contributed by atoms with van der Waals surface area (Å²) in [6, 6.07) is 24.8. The highest BCUT2D eigenvalue weighted by atomic mass is 16.6. The van der Waals surface area contributed by atoms with Crippen LogP contribution in [-0.2, 0) is 25.6 Å². The van der Waals surface area contributed by atoms with Crippen LogP contribution in [-0.4, -0.2) is 156 Å². The summed E-state index contributed by atoms with van der Waals surface area (Å²) < 4.78 is 22.5. The molecule has 0 saturated carbocycles. The second-order valence-electron chi connectivity index (χ2n) is 22.9. The van der Waals surface area contributed by atoms with Crippen molar-refractivity contribution in [3.05, 3.63) is 136 Å². The Balaban J connectivity index is 1.01. The number of nitrogens with one attached hydrogen (secondary N) is 5. The number of alkyl carbamates (subject to hydrolysis) is 1. The van der Waals surface area contributed by atoms with Gasteiger partial charge in [0.25, 0.3) is 0 Å². The maximum absolute atomic E-state index is 13.4. The fraction of sp³-hybridized carbons (Fsp3) is 0.500. The van der Waals surface area contributed by atoms with Gasteiger partial charge in [-0.1, -0.05) is 98.5 Å². The summed E-state index contributed by atoms with van der Waals surface area (Å²) in [6.07, 6.45) is 3.60. The topological polar surface area (TPSA) is 318 Å². The third-order valence-corrected chi connectivity index (χ3v) is 13.3. The van der Waals surface area contributed by atoms with Crippen LogP contribution in [0.2, 0.25) is 0 Å². The van der Waals surface area contributed by atoms with Crippen molar-refractivity contribution in [3.8, 4) is 0 Å². The highest BCUT2D eigenvalue weighted by Gasteiger charge is 2.30. The summed E-state index contributed by atoms with van der Waals surface area (Å²) in [4.78, 5) is 103. The molecule has 22 nitrogen and oxygen atoms in total. The quantitative estimate of drug-likeness (QED) is 0.0153. The van der Waals surface area contributed by atoms with Crippen LogP contribution in [0.1, 0.15) is 171 Å². The Kier molecular flexibility index (Phi) is 28.5. The van der Waals surface area contributed by atoms with Crippen molar-refractivity contribution in [1.29, 1.82) is 0 Å². The van der Waals surface area contributed by atoms with E-state index in [1.165, 1.54) is 60.3 Å². The van der Waals surface area contributed by atoms with Crippen LogP contribution < -0.4 is 31.5 Å². The number of carbonyl (C=O) groups is 8. The minimum absolute atomic E-state index is 0.0703. The van der Waals surface area contributed by atoms with Gasteiger partial charge in [0.15, 0.2) is 29.2 Å². The molecule has 0 radical (unpaired) electrons. The molecule has 86 heavy (non-hydrogen) atoms. The number of rotatable bonds is 37. The molecule has 0 aromatic heterocycles. The maximum Gasteiger partial charge on any atom is 0.414 e. The van der Waals surface area contributed by atoms with E-state index >= 15 is 0 Å². The number of amides is 6. The van der Waals surface area contributed by atoms with Crippen LogP contribution >= 0.6 is 0 Å². The SMILES string of the molecule is CC(C)(O)C(=O)c1ccc(COC(=O)N(CCCCCCNC(=O)NCCOCCOCCNC(=O)NCCCCCCNC(=O)OC(c2ccc(C(=O)C(C)(C)O)cc2)c2ccc(C(=O)C(C)(C)O)cc2)c2ccc(C(=O)C(C)(C)O)cc2)cc1. The summed E-state index contributed by atoms with van der Waals surface area (Å²) >= 11 is 0. The third-order valence-electron chi connectivity index (χ3n) is 13.3. The summed E-state index contributed by atoms with van der Waals surface area (Å²) in [5, 5.41) is 54.5. The third kappa shape index (κ3) is 25.2. The van der Waals surface area contributed by atoms with E-state index in [0.717, 1.165) is 32.1 Å². The lowest BCUT2D eigenvalue weighted by Gasteiger charge is -2.23. The van der Waals surface area contributed by atoms with Gasteiger partial charge in [-0.25, -0.2) is 19.2 Å². The van der Waals surface area contributed by atoms with Crippen molar-refractivity contribution >= 4 is 53.1 Å². The van der Waals surface area contributed by atoms with Gasteiger partial charge < -0.3 is 66.0 Å². The molecule has 6 amide bonds. The standard InChI is InChI=1S/C64H88N6O16/c1-61(2,79)53(71)47-19-17-44(18-20-47)43-85-60(78)70(51-31-29-50(30-32-51)56(74)64(7,8)82)38-16-12-11-14-34-66-58(76)68-37-40-84-42-41-83-39-36-67-57(75)65-33-13-9-10-15-35-69-59(77)86-52(45-21-25-48(26-22-45)54(72)62(3,4)80)46-23-27-49(28-24-46)55(73)63(5,6)81/h17-32,52,79-82H,9-16,33-43H2,1-8H3,(H,69,77)(H2,65,67,75)(H2,66,68,76). The van der Waals surface area contributed by atoms with Gasteiger partial charge in [-0.15, -0.1) is 0 Å². The first-order chi connectivity index (χ1) is 40.6. The van der Waals surface area contributed by atoms with Crippen molar-refractivity contribution in [2.45, 2.75) is 142 Å². The molecule has 9 N–H and O–H groups in total. The predicted octanol–water partition coefficient (Wildman–Crippen LogP) is 7.91. The molecule has 0 aliphatic rings. The summed E-state index contributed by atoms with van der Waals surface area (Å²) in [6.45, 7) is 14.4. The van der Waals surface area contributed by atoms with Crippen molar-refractivity contribution in [2.75, 3.05) is 70.6 Å². The Morgan fingerprint density at radius 3 is 1.14 bits per heavy atom. The lowest BCUT2D eigenvalue weighted by atomic mass is 9.92. The van der Waals surface area contributed by atoms with Crippen molar-refractivity contribution in [3.63, 3.8) is 0 Å². The Morgan fingerprint density at radius 1 is 0.419 bits per heavy atom. The monoisotopic (exact) mass is 1200 g/mol. The lowest BCUT2D eigenvalue weighted by molar-refractivity contribution is 0.0487. The fourth-order valence-corrected chi connectivity index (χ4v) is 8.47. The predicted molar refractivity (Wildman–Crippen MR) is 324 cm³/mol. The zero-order valence-corrected chi connectivity index (χ0v) is 50.9. The molecule has 0 heterocycles. The van der Waals surface area contributed by atoms with Gasteiger partial charge in [0.1, 0.15) is 29.0 Å². The van der Waals surface area contributed by atoms with Gasteiger partial charge in [0, 0.05) is 67.2 Å². The van der Waals surface area contributed by atoms with Gasteiger partial charge in [-0.05, 0) is 122 Å². The largest absolute Gasteiger partial charge is 0.444 e. The molecule has 4 rings (SSSR count). The minimum Gasteiger partial charge on any atom is -0.444 e. The smallest absolute Gasteiger partial charge is 0.414 e. The highest BCUT2D eigenvalue weighted by molar-refractivity contribution is 6.03. The Morgan fingerprint density at radius 2 is 0.756 bits per heavy atom. The Labute approximate surface area is 504 Å². The van der Waals surface area contributed by atoms with Crippen molar-refractivity contribution in [1.82, 2.24) is 26.6 Å². The first-order valence-corrected chi connectivity index (χ1v) is 29.1. The number of urea groups is 2. The Bertz CT molecular complexity index is 2750. The first-order valence-electron chi connectivity index (χ1n) is 29.1. The van der Waals surface area contributed by atoms with E-state index in [-0.39, 0.29) is 49.6 Å². The molecule has 0 bridgehead atoms. The van der Waals surface area contributed by atoms with E-state index in [0.29, 0.717) is 98.7 Å². The average molecular weight is 1200 g/mol. The number of unbranched alkanes of at least 4 members (excludes halogenated alkanes) is 6.